The summed E-state index contributed by atoms with van der Waals surface area (Å²) >= 11 is 5.97. The van der Waals surface area contributed by atoms with Gasteiger partial charge in [-0.15, -0.1) is 11.8 Å². The molecule has 0 aliphatic heterocycles. The minimum atomic E-state index is -0.524. The predicted molar refractivity (Wildman–Crippen MR) is 65.6 cm³/mol. The van der Waals surface area contributed by atoms with Crippen LogP contribution in [0.25, 0.3) is 0 Å². The third-order valence-electron chi connectivity index (χ3n) is 2.28. The van der Waals surface area contributed by atoms with E-state index in [1.807, 2.05) is 6.07 Å². The number of rotatable bonds is 4. The topological polar surface area (TPSA) is 29.5 Å². The normalized spacial score (nSPS) is 11.5. The zero-order valence-corrected chi connectivity index (χ0v) is 10.2. The summed E-state index contributed by atoms with van der Waals surface area (Å²) in [6.07, 6.45) is 0.773. The molecule has 0 saturated heterocycles. The van der Waals surface area contributed by atoms with Crippen molar-refractivity contribution >= 4 is 11.6 Å². The van der Waals surface area contributed by atoms with Crippen LogP contribution >= 0.6 is 11.6 Å². The Kier molecular flexibility index (Phi) is 5.18. The first-order chi connectivity index (χ1) is 7.69. The predicted octanol–water partition coefficient (Wildman–Crippen LogP) is 3.19. The van der Waals surface area contributed by atoms with Crippen molar-refractivity contribution < 1.29 is 9.84 Å². The van der Waals surface area contributed by atoms with Crippen LogP contribution in [0.4, 0.5) is 0 Å². The Labute approximate surface area is 101 Å². The molecule has 0 spiro atoms. The summed E-state index contributed by atoms with van der Waals surface area (Å²) in [6.45, 7) is 1.79. The van der Waals surface area contributed by atoms with Gasteiger partial charge >= 0.3 is 0 Å². The minimum Gasteiger partial charge on any atom is -0.495 e. The van der Waals surface area contributed by atoms with E-state index >= 15 is 0 Å². The highest BCUT2D eigenvalue weighted by Crippen LogP contribution is 2.28. The summed E-state index contributed by atoms with van der Waals surface area (Å²) in [7, 11) is 1.56. The molecule has 0 aromatic heterocycles. The lowest BCUT2D eigenvalue weighted by molar-refractivity contribution is 0.169. The van der Waals surface area contributed by atoms with E-state index < -0.39 is 6.10 Å². The van der Waals surface area contributed by atoms with E-state index in [-0.39, 0.29) is 0 Å². The van der Waals surface area contributed by atoms with Crippen molar-refractivity contribution in [2.45, 2.75) is 25.9 Å². The van der Waals surface area contributed by atoms with Crippen LogP contribution in [0.3, 0.4) is 0 Å². The number of ether oxygens (including phenoxy) is 1. The van der Waals surface area contributed by atoms with Crippen LogP contribution in [0.5, 0.6) is 5.75 Å². The SMILES string of the molecule is CC#CCCC(O)c1ccc(OC)c(Cl)c1. The summed E-state index contributed by atoms with van der Waals surface area (Å²) in [6, 6.07) is 5.30. The van der Waals surface area contributed by atoms with Gasteiger partial charge in [-0.05, 0) is 31.0 Å². The Morgan fingerprint density at radius 3 is 2.81 bits per heavy atom. The molecule has 0 aliphatic rings. The van der Waals surface area contributed by atoms with Crippen LogP contribution in [0.15, 0.2) is 18.2 Å². The molecule has 0 amide bonds. The smallest absolute Gasteiger partial charge is 0.137 e. The third-order valence-corrected chi connectivity index (χ3v) is 2.58. The van der Waals surface area contributed by atoms with E-state index in [1.165, 1.54) is 0 Å². The van der Waals surface area contributed by atoms with Gasteiger partial charge in [-0.2, -0.15) is 0 Å². The largest absolute Gasteiger partial charge is 0.495 e. The summed E-state index contributed by atoms with van der Waals surface area (Å²) < 4.78 is 5.04. The molecule has 0 heterocycles. The summed E-state index contributed by atoms with van der Waals surface area (Å²) in [5.74, 6) is 6.33. The molecule has 1 N–H and O–H groups in total. The lowest BCUT2D eigenvalue weighted by atomic mass is 10.0. The van der Waals surface area contributed by atoms with Crippen molar-refractivity contribution in [3.05, 3.63) is 28.8 Å². The van der Waals surface area contributed by atoms with Gasteiger partial charge in [-0.1, -0.05) is 17.7 Å². The van der Waals surface area contributed by atoms with Crippen molar-refractivity contribution in [1.29, 1.82) is 0 Å². The molecule has 1 rings (SSSR count). The third kappa shape index (κ3) is 3.44. The molecule has 0 aliphatic carbocycles. The zero-order chi connectivity index (χ0) is 12.0. The molecule has 3 heteroatoms. The van der Waals surface area contributed by atoms with Crippen molar-refractivity contribution in [3.8, 4) is 17.6 Å². The second-order valence-electron chi connectivity index (χ2n) is 3.38. The van der Waals surface area contributed by atoms with Gasteiger partial charge in [0.25, 0.3) is 0 Å². The van der Waals surface area contributed by atoms with Crippen molar-refractivity contribution in [3.63, 3.8) is 0 Å². The molecule has 1 atom stereocenters. The maximum atomic E-state index is 9.87. The molecule has 16 heavy (non-hydrogen) atoms. The molecule has 0 radical (unpaired) electrons. The summed E-state index contributed by atoms with van der Waals surface area (Å²) in [5.41, 5.74) is 0.795. The number of halogens is 1. The van der Waals surface area contributed by atoms with E-state index in [9.17, 15) is 5.11 Å². The second kappa shape index (κ2) is 6.42. The van der Waals surface area contributed by atoms with E-state index in [2.05, 4.69) is 11.8 Å². The number of hydrogen-bond donors (Lipinski definition) is 1. The molecular formula is C13H15ClO2. The highest BCUT2D eigenvalue weighted by atomic mass is 35.5. The Balaban J connectivity index is 2.71. The zero-order valence-electron chi connectivity index (χ0n) is 9.46. The lowest BCUT2D eigenvalue weighted by Crippen LogP contribution is -1.97. The number of aliphatic hydroxyl groups is 1. The van der Waals surface area contributed by atoms with Crippen LogP contribution in [-0.4, -0.2) is 12.2 Å². The van der Waals surface area contributed by atoms with E-state index in [0.29, 0.717) is 23.6 Å². The maximum absolute atomic E-state index is 9.87. The van der Waals surface area contributed by atoms with Crippen LogP contribution in [-0.2, 0) is 0 Å². The van der Waals surface area contributed by atoms with Gasteiger partial charge in [0.2, 0.25) is 0 Å². The van der Waals surface area contributed by atoms with E-state index in [4.69, 9.17) is 16.3 Å². The van der Waals surface area contributed by atoms with E-state index in [0.717, 1.165) is 5.56 Å². The van der Waals surface area contributed by atoms with Gasteiger partial charge in [-0.3, -0.25) is 0 Å². The fourth-order valence-electron chi connectivity index (χ4n) is 1.39. The first-order valence-corrected chi connectivity index (χ1v) is 5.48. The lowest BCUT2D eigenvalue weighted by Gasteiger charge is -2.11. The average Bonchev–Trinajstić information content (AvgIpc) is 2.29. The number of methoxy groups -OCH3 is 1. The molecule has 1 unspecified atom stereocenters. The monoisotopic (exact) mass is 238 g/mol. The Morgan fingerprint density at radius 2 is 2.25 bits per heavy atom. The van der Waals surface area contributed by atoms with Crippen molar-refractivity contribution in [1.82, 2.24) is 0 Å². The van der Waals surface area contributed by atoms with Gasteiger partial charge < -0.3 is 9.84 Å². The van der Waals surface area contributed by atoms with Crippen LogP contribution in [0.2, 0.25) is 5.02 Å². The molecular weight excluding hydrogens is 224 g/mol. The first kappa shape index (κ1) is 12.9. The van der Waals surface area contributed by atoms with Crippen molar-refractivity contribution in [2.75, 3.05) is 7.11 Å². The average molecular weight is 239 g/mol. The van der Waals surface area contributed by atoms with Crippen molar-refractivity contribution in [2.24, 2.45) is 0 Å². The molecule has 0 saturated carbocycles. The van der Waals surface area contributed by atoms with Gasteiger partial charge in [0.1, 0.15) is 5.75 Å². The highest BCUT2D eigenvalue weighted by Gasteiger charge is 2.09. The minimum absolute atomic E-state index is 0.514. The quantitative estimate of drug-likeness (QED) is 0.817. The first-order valence-electron chi connectivity index (χ1n) is 5.10. The molecule has 1 aromatic rings. The Morgan fingerprint density at radius 1 is 1.50 bits per heavy atom. The standard InChI is InChI=1S/C13H15ClO2/c1-3-4-5-6-12(15)10-7-8-13(16-2)11(14)9-10/h7-9,12,15H,5-6H2,1-2H3. The maximum Gasteiger partial charge on any atom is 0.137 e. The molecule has 0 bridgehead atoms. The van der Waals surface area contributed by atoms with Crippen LogP contribution < -0.4 is 4.74 Å². The molecule has 0 fully saturated rings. The van der Waals surface area contributed by atoms with Gasteiger partial charge in [-0.25, -0.2) is 0 Å². The summed E-state index contributed by atoms with van der Waals surface area (Å²) in [5, 5.41) is 10.4. The second-order valence-corrected chi connectivity index (χ2v) is 3.78. The fourth-order valence-corrected chi connectivity index (χ4v) is 1.66. The summed E-state index contributed by atoms with van der Waals surface area (Å²) in [4.78, 5) is 0. The fraction of sp³-hybridized carbons (Fsp3) is 0.385. The van der Waals surface area contributed by atoms with Crippen LogP contribution in [0, 0.1) is 11.8 Å². The van der Waals surface area contributed by atoms with Gasteiger partial charge in [0.05, 0.1) is 18.2 Å². The molecule has 2 nitrogen and oxygen atoms in total. The van der Waals surface area contributed by atoms with Crippen LogP contribution in [0.1, 0.15) is 31.4 Å². The Bertz CT molecular complexity index is 404. The highest BCUT2D eigenvalue weighted by molar-refractivity contribution is 6.32. The molecule has 86 valence electrons. The number of aliphatic hydroxyl groups excluding tert-OH is 1. The van der Waals surface area contributed by atoms with E-state index in [1.54, 1.807) is 26.2 Å². The number of benzene rings is 1. The number of hydrogen-bond acceptors (Lipinski definition) is 2. The Hall–Kier alpha value is -1.17. The van der Waals surface area contributed by atoms with Gasteiger partial charge in [0, 0.05) is 6.42 Å². The molecule has 1 aromatic carbocycles. The van der Waals surface area contributed by atoms with Gasteiger partial charge in [0.15, 0.2) is 0 Å².